The van der Waals surface area contributed by atoms with Crippen molar-refractivity contribution < 1.29 is 14.3 Å². The van der Waals surface area contributed by atoms with E-state index in [-0.39, 0.29) is 11.9 Å². The van der Waals surface area contributed by atoms with Crippen molar-refractivity contribution in [3.05, 3.63) is 58.7 Å². The van der Waals surface area contributed by atoms with Gasteiger partial charge in [0.05, 0.1) is 13.2 Å². The van der Waals surface area contributed by atoms with E-state index in [1.807, 2.05) is 45.0 Å². The quantitative estimate of drug-likeness (QED) is 0.588. The predicted molar refractivity (Wildman–Crippen MR) is 119 cm³/mol. The van der Waals surface area contributed by atoms with Crippen molar-refractivity contribution in [2.24, 2.45) is 0 Å². The molecule has 0 aromatic heterocycles. The minimum absolute atomic E-state index is 0.0964. The van der Waals surface area contributed by atoms with Gasteiger partial charge in [0.25, 0.3) is 5.91 Å². The lowest BCUT2D eigenvalue weighted by Crippen LogP contribution is -2.39. The highest BCUT2D eigenvalue weighted by Gasteiger charge is 2.22. The summed E-state index contributed by atoms with van der Waals surface area (Å²) in [5.41, 5.74) is 4.60. The van der Waals surface area contributed by atoms with Gasteiger partial charge < -0.3 is 14.8 Å². The number of amides is 1. The second-order valence-electron chi connectivity index (χ2n) is 7.85. The summed E-state index contributed by atoms with van der Waals surface area (Å²) in [6, 6.07) is 12.0. The van der Waals surface area contributed by atoms with Crippen LogP contribution < -0.4 is 14.8 Å². The first kappa shape index (κ1) is 22.8. The smallest absolute Gasteiger partial charge is 0.261 e. The van der Waals surface area contributed by atoms with E-state index in [4.69, 9.17) is 9.47 Å². The van der Waals surface area contributed by atoms with Crippen molar-refractivity contribution >= 4 is 5.91 Å². The van der Waals surface area contributed by atoms with Gasteiger partial charge >= 0.3 is 0 Å². The summed E-state index contributed by atoms with van der Waals surface area (Å²) in [4.78, 5) is 12.9. The van der Waals surface area contributed by atoms with Gasteiger partial charge in [-0.15, -0.1) is 0 Å². The van der Waals surface area contributed by atoms with Crippen LogP contribution in [0.25, 0.3) is 0 Å². The van der Waals surface area contributed by atoms with Crippen molar-refractivity contribution in [2.45, 2.75) is 72.4 Å². The summed E-state index contributed by atoms with van der Waals surface area (Å²) in [6.45, 7) is 12.4. The van der Waals surface area contributed by atoms with Crippen LogP contribution in [-0.4, -0.2) is 19.1 Å². The number of hydrogen-bond donors (Lipinski definition) is 1. The van der Waals surface area contributed by atoms with Gasteiger partial charge in [-0.2, -0.15) is 0 Å². The zero-order valence-corrected chi connectivity index (χ0v) is 18.8. The molecule has 0 unspecified atom stereocenters. The van der Waals surface area contributed by atoms with Crippen molar-refractivity contribution in [1.29, 1.82) is 0 Å². The normalized spacial score (nSPS) is 13.1. The molecule has 0 heterocycles. The van der Waals surface area contributed by atoms with Crippen molar-refractivity contribution in [3.8, 4) is 11.5 Å². The first-order valence-corrected chi connectivity index (χ1v) is 10.5. The van der Waals surface area contributed by atoms with Crippen molar-refractivity contribution in [3.63, 3.8) is 0 Å². The van der Waals surface area contributed by atoms with E-state index in [2.05, 4.69) is 38.2 Å². The van der Waals surface area contributed by atoms with Gasteiger partial charge in [-0.3, -0.25) is 4.79 Å². The van der Waals surface area contributed by atoms with Crippen LogP contribution in [0.5, 0.6) is 11.5 Å². The number of benzene rings is 2. The molecule has 0 aliphatic carbocycles. The average Bonchev–Trinajstić information content (AvgIpc) is 2.71. The standard InChI is InChI=1S/C25H35NO3/c1-8-19-10-12-20(13-11-19)29-23(9-2)25(27)26-18(6)22-15-21(16(3)4)24(28-7)14-17(22)5/h10-16,18,23H,8-9H2,1-7H3,(H,26,27)/t18-,23+/m1/s1. The molecule has 0 aliphatic rings. The summed E-state index contributed by atoms with van der Waals surface area (Å²) in [7, 11) is 1.70. The van der Waals surface area contributed by atoms with Crippen LogP contribution in [0.15, 0.2) is 36.4 Å². The Morgan fingerprint density at radius 3 is 2.21 bits per heavy atom. The molecule has 0 saturated heterocycles. The zero-order valence-electron chi connectivity index (χ0n) is 18.8. The first-order chi connectivity index (χ1) is 13.8. The molecule has 0 aliphatic heterocycles. The van der Waals surface area contributed by atoms with Crippen molar-refractivity contribution in [2.75, 3.05) is 7.11 Å². The maximum atomic E-state index is 12.9. The Labute approximate surface area is 175 Å². The molecule has 0 radical (unpaired) electrons. The van der Waals surface area contributed by atoms with Gasteiger partial charge in [-0.05, 0) is 79.1 Å². The van der Waals surface area contributed by atoms with Gasteiger partial charge in [0.15, 0.2) is 6.10 Å². The van der Waals surface area contributed by atoms with E-state index in [1.165, 1.54) is 5.56 Å². The highest BCUT2D eigenvalue weighted by Crippen LogP contribution is 2.32. The SMILES string of the molecule is CCc1ccc(O[C@@H](CC)C(=O)N[C@H](C)c2cc(C(C)C)c(OC)cc2C)cc1. The fraction of sp³-hybridized carbons (Fsp3) is 0.480. The summed E-state index contributed by atoms with van der Waals surface area (Å²) >= 11 is 0. The molecule has 4 nitrogen and oxygen atoms in total. The average molecular weight is 398 g/mol. The van der Waals surface area contributed by atoms with Crippen LogP contribution in [0.4, 0.5) is 0 Å². The topological polar surface area (TPSA) is 47.6 Å². The monoisotopic (exact) mass is 397 g/mol. The third-order valence-electron chi connectivity index (χ3n) is 5.34. The Bertz CT molecular complexity index is 812. The number of hydrogen-bond acceptors (Lipinski definition) is 3. The highest BCUT2D eigenvalue weighted by molar-refractivity contribution is 5.81. The number of carbonyl (C=O) groups is 1. The fourth-order valence-corrected chi connectivity index (χ4v) is 3.48. The molecule has 1 amide bonds. The van der Waals surface area contributed by atoms with Crippen LogP contribution >= 0.6 is 0 Å². The molecule has 2 aromatic rings. The molecular weight excluding hydrogens is 362 g/mol. The second kappa shape index (κ2) is 10.3. The van der Waals surface area contributed by atoms with E-state index < -0.39 is 6.10 Å². The second-order valence-corrected chi connectivity index (χ2v) is 7.85. The third-order valence-corrected chi connectivity index (χ3v) is 5.34. The van der Waals surface area contributed by atoms with Gasteiger partial charge in [-0.1, -0.05) is 39.8 Å². The number of methoxy groups -OCH3 is 1. The number of aryl methyl sites for hydroxylation is 2. The lowest BCUT2D eigenvalue weighted by molar-refractivity contribution is -0.128. The number of carbonyl (C=O) groups excluding carboxylic acids is 1. The summed E-state index contributed by atoms with van der Waals surface area (Å²) in [5.74, 6) is 1.86. The Kier molecular flexibility index (Phi) is 8.12. The van der Waals surface area contributed by atoms with Crippen LogP contribution in [0.3, 0.4) is 0 Å². The van der Waals surface area contributed by atoms with Gasteiger partial charge in [0, 0.05) is 0 Å². The lowest BCUT2D eigenvalue weighted by atomic mass is 9.93. The van der Waals surface area contributed by atoms with Crippen LogP contribution in [-0.2, 0) is 11.2 Å². The molecule has 2 rings (SSSR count). The molecule has 0 bridgehead atoms. The van der Waals surface area contributed by atoms with Crippen LogP contribution in [0, 0.1) is 6.92 Å². The first-order valence-electron chi connectivity index (χ1n) is 10.5. The minimum atomic E-state index is -0.520. The van der Waals surface area contributed by atoms with E-state index in [9.17, 15) is 4.79 Å². The maximum absolute atomic E-state index is 12.9. The number of rotatable bonds is 9. The molecule has 4 heteroatoms. The minimum Gasteiger partial charge on any atom is -0.496 e. The molecule has 1 N–H and O–H groups in total. The molecule has 2 atom stereocenters. The van der Waals surface area contributed by atoms with Crippen molar-refractivity contribution in [1.82, 2.24) is 5.32 Å². The van der Waals surface area contributed by atoms with E-state index in [0.29, 0.717) is 12.3 Å². The van der Waals surface area contributed by atoms with E-state index in [1.54, 1.807) is 7.11 Å². The molecule has 0 saturated carbocycles. The maximum Gasteiger partial charge on any atom is 0.261 e. The Balaban J connectivity index is 2.14. The summed E-state index contributed by atoms with van der Waals surface area (Å²) in [5, 5.41) is 3.13. The third kappa shape index (κ3) is 5.75. The molecule has 2 aromatic carbocycles. The predicted octanol–water partition coefficient (Wildman–Crippen LogP) is 5.72. The Hall–Kier alpha value is -2.49. The summed E-state index contributed by atoms with van der Waals surface area (Å²) in [6.07, 6.45) is 1.06. The Morgan fingerprint density at radius 2 is 1.69 bits per heavy atom. The zero-order chi connectivity index (χ0) is 21.6. The largest absolute Gasteiger partial charge is 0.496 e. The van der Waals surface area contributed by atoms with Gasteiger partial charge in [0.2, 0.25) is 0 Å². The van der Waals surface area contributed by atoms with Crippen LogP contribution in [0.2, 0.25) is 0 Å². The summed E-state index contributed by atoms with van der Waals surface area (Å²) < 4.78 is 11.5. The highest BCUT2D eigenvalue weighted by atomic mass is 16.5. The molecule has 0 spiro atoms. The lowest BCUT2D eigenvalue weighted by Gasteiger charge is -2.23. The van der Waals surface area contributed by atoms with Gasteiger partial charge in [-0.25, -0.2) is 0 Å². The van der Waals surface area contributed by atoms with Crippen LogP contribution in [0.1, 0.15) is 75.3 Å². The number of ether oxygens (including phenoxy) is 2. The van der Waals surface area contributed by atoms with E-state index in [0.717, 1.165) is 34.6 Å². The van der Waals surface area contributed by atoms with E-state index >= 15 is 0 Å². The fourth-order valence-electron chi connectivity index (χ4n) is 3.48. The molecule has 29 heavy (non-hydrogen) atoms. The molecule has 0 fully saturated rings. The molecule has 158 valence electrons. The Morgan fingerprint density at radius 1 is 1.03 bits per heavy atom. The van der Waals surface area contributed by atoms with Gasteiger partial charge in [0.1, 0.15) is 11.5 Å². The number of nitrogens with one attached hydrogen (secondary N) is 1. The molecular formula is C25H35NO3.